The van der Waals surface area contributed by atoms with Gasteiger partial charge in [-0.15, -0.1) is 0 Å². The summed E-state index contributed by atoms with van der Waals surface area (Å²) in [4.78, 5) is 7.70. The average molecular weight is 275 g/mol. The van der Waals surface area contributed by atoms with Gasteiger partial charge in [0.2, 0.25) is 16.0 Å². The summed E-state index contributed by atoms with van der Waals surface area (Å²) in [5.74, 6) is 6.95. The van der Waals surface area contributed by atoms with E-state index in [9.17, 15) is 8.42 Å². The van der Waals surface area contributed by atoms with E-state index in [0.29, 0.717) is 13.1 Å². The first kappa shape index (κ1) is 12.6. The Morgan fingerprint density at radius 3 is 2.41 bits per heavy atom. The molecule has 2 rings (SSSR count). The van der Waals surface area contributed by atoms with E-state index in [4.69, 9.17) is 5.84 Å². The van der Waals surface area contributed by atoms with Crippen molar-refractivity contribution in [3.8, 4) is 0 Å². The quantitative estimate of drug-likeness (QED) is 0.566. The highest BCUT2D eigenvalue weighted by Gasteiger charge is 2.26. The molecule has 1 aromatic heterocycles. The highest BCUT2D eigenvalue weighted by Crippen LogP contribution is 2.19. The molecule has 7 nitrogen and oxygen atoms in total. The van der Waals surface area contributed by atoms with Crippen molar-refractivity contribution in [1.29, 1.82) is 0 Å². The van der Waals surface area contributed by atoms with E-state index >= 15 is 0 Å². The van der Waals surface area contributed by atoms with Crippen LogP contribution in [0.2, 0.25) is 0 Å². The molecule has 0 spiro atoms. The fraction of sp³-hybridized carbons (Fsp3) is 0.500. The van der Waals surface area contributed by atoms with Gasteiger partial charge in [0.05, 0.1) is 12.4 Å². The normalized spacial score (nSPS) is 17.9. The summed E-state index contributed by atoms with van der Waals surface area (Å²) < 4.78 is 25.8. The van der Waals surface area contributed by atoms with Gasteiger partial charge in [-0.3, -0.25) is 5.43 Å². The van der Waals surface area contributed by atoms with Gasteiger partial charge >= 0.3 is 0 Å². The van der Waals surface area contributed by atoms with Crippen LogP contribution in [0.4, 0.5) is 5.95 Å². The Kier molecular flexibility index (Phi) is 3.82. The first-order chi connectivity index (χ1) is 8.14. The van der Waals surface area contributed by atoms with Gasteiger partial charge in [0.25, 0.3) is 0 Å². The van der Waals surface area contributed by atoms with E-state index in [1.165, 1.54) is 16.7 Å². The number of nitrogens with one attached hydrogen (secondary N) is 1. The number of aromatic nitrogens is 2. The number of rotatable bonds is 3. The van der Waals surface area contributed by atoms with Crippen molar-refractivity contribution in [2.24, 2.45) is 5.84 Å². The molecule has 1 saturated heterocycles. The highest BCUT2D eigenvalue weighted by atomic mass is 32.2. The van der Waals surface area contributed by atoms with E-state index in [1.54, 1.807) is 11.8 Å². The van der Waals surface area contributed by atoms with Crippen molar-refractivity contribution in [2.45, 2.75) is 4.90 Å². The van der Waals surface area contributed by atoms with Crippen molar-refractivity contribution < 1.29 is 8.42 Å². The molecule has 1 aliphatic heterocycles. The molecule has 0 unspecified atom stereocenters. The fourth-order valence-corrected chi connectivity index (χ4v) is 3.93. The number of sulfonamides is 1. The molecule has 0 bridgehead atoms. The molecule has 0 amide bonds. The van der Waals surface area contributed by atoms with E-state index in [2.05, 4.69) is 15.4 Å². The Bertz CT molecular complexity index is 469. The van der Waals surface area contributed by atoms with Gasteiger partial charge in [-0.05, 0) is 0 Å². The molecule has 3 N–H and O–H groups in total. The number of hydrogen-bond acceptors (Lipinski definition) is 7. The van der Waals surface area contributed by atoms with Crippen LogP contribution in [0.3, 0.4) is 0 Å². The fourth-order valence-electron chi connectivity index (χ4n) is 1.46. The number of hydrazine groups is 1. The third-order valence-corrected chi connectivity index (χ3v) is 5.16. The maximum atomic E-state index is 12.2. The van der Waals surface area contributed by atoms with Crippen molar-refractivity contribution in [1.82, 2.24) is 14.3 Å². The molecule has 2 heterocycles. The van der Waals surface area contributed by atoms with Crippen molar-refractivity contribution >= 4 is 27.7 Å². The zero-order chi connectivity index (χ0) is 12.3. The molecule has 94 valence electrons. The van der Waals surface area contributed by atoms with Gasteiger partial charge in [0.15, 0.2) is 0 Å². The van der Waals surface area contributed by atoms with Crippen LogP contribution in [0, 0.1) is 0 Å². The van der Waals surface area contributed by atoms with E-state index in [1.807, 2.05) is 0 Å². The maximum Gasteiger partial charge on any atom is 0.246 e. The Hall–Kier alpha value is -0.900. The molecule has 0 saturated carbocycles. The summed E-state index contributed by atoms with van der Waals surface area (Å²) in [5.41, 5.74) is 2.25. The van der Waals surface area contributed by atoms with Crippen molar-refractivity contribution in [2.75, 3.05) is 30.0 Å². The third kappa shape index (κ3) is 2.68. The monoisotopic (exact) mass is 275 g/mol. The lowest BCUT2D eigenvalue weighted by Gasteiger charge is -2.25. The van der Waals surface area contributed by atoms with Gasteiger partial charge in [0, 0.05) is 24.6 Å². The molecule has 0 aromatic carbocycles. The number of thioether (sulfide) groups is 1. The lowest BCUT2D eigenvalue weighted by molar-refractivity contribution is 0.443. The molecule has 1 fully saturated rings. The van der Waals surface area contributed by atoms with Gasteiger partial charge < -0.3 is 0 Å². The predicted molar refractivity (Wildman–Crippen MR) is 65.9 cm³/mol. The average Bonchev–Trinajstić information content (AvgIpc) is 2.40. The summed E-state index contributed by atoms with van der Waals surface area (Å²) in [5, 5.41) is 0. The first-order valence-corrected chi connectivity index (χ1v) is 7.60. The summed E-state index contributed by atoms with van der Waals surface area (Å²) in [7, 11) is -3.46. The van der Waals surface area contributed by atoms with E-state index in [0.717, 1.165) is 11.5 Å². The number of anilines is 1. The minimum Gasteiger partial charge on any atom is -0.292 e. The number of nitrogens with zero attached hydrogens (tertiary/aromatic N) is 3. The Morgan fingerprint density at radius 2 is 1.88 bits per heavy atom. The van der Waals surface area contributed by atoms with Crippen LogP contribution in [0.25, 0.3) is 0 Å². The largest absolute Gasteiger partial charge is 0.292 e. The zero-order valence-electron chi connectivity index (χ0n) is 9.04. The second kappa shape index (κ2) is 5.17. The summed E-state index contributed by atoms with van der Waals surface area (Å²) in [6.45, 7) is 1.06. The topological polar surface area (TPSA) is 101 Å². The smallest absolute Gasteiger partial charge is 0.246 e. The summed E-state index contributed by atoms with van der Waals surface area (Å²) in [6.07, 6.45) is 2.53. The maximum absolute atomic E-state index is 12.2. The van der Waals surface area contributed by atoms with Crippen LogP contribution >= 0.6 is 11.8 Å². The molecule has 0 aliphatic carbocycles. The second-order valence-electron chi connectivity index (χ2n) is 3.40. The van der Waals surface area contributed by atoms with Gasteiger partial charge in [-0.2, -0.15) is 16.1 Å². The minimum absolute atomic E-state index is 0.100. The van der Waals surface area contributed by atoms with E-state index in [-0.39, 0.29) is 10.8 Å². The molecular weight excluding hydrogens is 262 g/mol. The molecular formula is C8H13N5O2S2. The van der Waals surface area contributed by atoms with Crippen LogP contribution in [-0.4, -0.2) is 47.3 Å². The van der Waals surface area contributed by atoms with Gasteiger partial charge in [-0.1, -0.05) is 0 Å². The Morgan fingerprint density at radius 1 is 1.29 bits per heavy atom. The lowest BCUT2D eigenvalue weighted by Crippen LogP contribution is -2.38. The van der Waals surface area contributed by atoms with Gasteiger partial charge in [-0.25, -0.2) is 24.2 Å². The Balaban J connectivity index is 2.23. The van der Waals surface area contributed by atoms with Crippen molar-refractivity contribution in [3.63, 3.8) is 0 Å². The summed E-state index contributed by atoms with van der Waals surface area (Å²) >= 11 is 1.75. The molecule has 9 heteroatoms. The predicted octanol–water partition coefficient (Wildman–Crippen LogP) is -0.500. The second-order valence-corrected chi connectivity index (χ2v) is 6.57. The lowest BCUT2D eigenvalue weighted by atomic mass is 10.6. The summed E-state index contributed by atoms with van der Waals surface area (Å²) in [6, 6.07) is 0. The van der Waals surface area contributed by atoms with Crippen molar-refractivity contribution in [3.05, 3.63) is 12.4 Å². The molecule has 1 aliphatic rings. The van der Waals surface area contributed by atoms with Crippen LogP contribution < -0.4 is 11.3 Å². The van der Waals surface area contributed by atoms with Crippen LogP contribution in [-0.2, 0) is 10.0 Å². The molecule has 1 aromatic rings. The molecule has 17 heavy (non-hydrogen) atoms. The minimum atomic E-state index is -3.46. The number of nitrogens with two attached hydrogens (primary N) is 1. The molecule has 0 radical (unpaired) electrons. The zero-order valence-corrected chi connectivity index (χ0v) is 10.7. The standard InChI is InChI=1S/C8H13N5O2S2/c9-12-8-10-5-7(6-11-8)17(14,15)13-1-3-16-4-2-13/h5-6H,1-4,9H2,(H,10,11,12). The number of nitrogen functional groups attached to an aromatic ring is 1. The SMILES string of the molecule is NNc1ncc(S(=O)(=O)N2CCSCC2)cn1. The van der Waals surface area contributed by atoms with Crippen LogP contribution in [0.5, 0.6) is 0 Å². The van der Waals surface area contributed by atoms with Crippen LogP contribution in [0.15, 0.2) is 17.3 Å². The molecule has 0 atom stereocenters. The van der Waals surface area contributed by atoms with E-state index < -0.39 is 10.0 Å². The highest BCUT2D eigenvalue weighted by molar-refractivity contribution is 7.99. The van der Waals surface area contributed by atoms with Gasteiger partial charge in [0.1, 0.15) is 4.90 Å². The third-order valence-electron chi connectivity index (χ3n) is 2.37. The van der Waals surface area contributed by atoms with Crippen LogP contribution in [0.1, 0.15) is 0 Å². The first-order valence-electron chi connectivity index (χ1n) is 5.01. The number of hydrogen-bond donors (Lipinski definition) is 2. The Labute approximate surface area is 104 Å².